The fourth-order valence-electron chi connectivity index (χ4n) is 2.75. The zero-order chi connectivity index (χ0) is 18.7. The third-order valence-electron chi connectivity index (χ3n) is 4.11. The lowest BCUT2D eigenvalue weighted by molar-refractivity contribution is -0.143. The number of hydrogen-bond acceptors (Lipinski definition) is 3. The van der Waals surface area contributed by atoms with E-state index in [2.05, 4.69) is 10.2 Å². The van der Waals surface area contributed by atoms with E-state index >= 15 is 0 Å². The van der Waals surface area contributed by atoms with Crippen molar-refractivity contribution in [1.29, 1.82) is 0 Å². The van der Waals surface area contributed by atoms with Crippen molar-refractivity contribution in [3.8, 4) is 0 Å². The van der Waals surface area contributed by atoms with Crippen LogP contribution in [0.1, 0.15) is 0 Å². The second kappa shape index (κ2) is 7.70. The van der Waals surface area contributed by atoms with Gasteiger partial charge < -0.3 is 15.1 Å². The summed E-state index contributed by atoms with van der Waals surface area (Å²) < 4.78 is 26.5. The van der Waals surface area contributed by atoms with Gasteiger partial charge in [0.25, 0.3) is 0 Å². The number of nitrogens with one attached hydrogen (secondary N) is 1. The number of amides is 2. The molecule has 0 radical (unpaired) electrons. The Kier molecular flexibility index (Phi) is 5.37. The van der Waals surface area contributed by atoms with Gasteiger partial charge in [-0.3, -0.25) is 9.59 Å². The molecule has 1 saturated heterocycles. The highest BCUT2D eigenvalue weighted by Gasteiger charge is 2.26. The average Bonchev–Trinajstić information content (AvgIpc) is 2.63. The van der Waals surface area contributed by atoms with Crippen molar-refractivity contribution in [3.63, 3.8) is 0 Å². The summed E-state index contributed by atoms with van der Waals surface area (Å²) in [5.41, 5.74) is 0.713. The first kappa shape index (κ1) is 18.1. The van der Waals surface area contributed by atoms with Crippen LogP contribution in [-0.2, 0) is 9.59 Å². The lowest BCUT2D eigenvalue weighted by Crippen LogP contribution is -2.51. The Hall–Kier alpha value is -2.67. The minimum Gasteiger partial charge on any atom is -0.368 e. The van der Waals surface area contributed by atoms with Crippen molar-refractivity contribution in [3.05, 3.63) is 59.1 Å². The predicted octanol–water partition coefficient (Wildman–Crippen LogP) is 2.91. The molecule has 0 aliphatic carbocycles. The molecule has 1 heterocycles. The zero-order valence-corrected chi connectivity index (χ0v) is 14.5. The van der Waals surface area contributed by atoms with E-state index in [-0.39, 0.29) is 5.69 Å². The molecule has 2 aromatic carbocycles. The normalized spacial score (nSPS) is 14.3. The van der Waals surface area contributed by atoms with Crippen LogP contribution >= 0.6 is 11.6 Å². The molecule has 2 amide bonds. The van der Waals surface area contributed by atoms with Crippen molar-refractivity contribution >= 4 is 34.8 Å². The average molecular weight is 380 g/mol. The van der Waals surface area contributed by atoms with Crippen LogP contribution in [0, 0.1) is 11.6 Å². The first-order valence-corrected chi connectivity index (χ1v) is 8.37. The topological polar surface area (TPSA) is 52.7 Å². The van der Waals surface area contributed by atoms with Crippen LogP contribution in [0.15, 0.2) is 42.5 Å². The Morgan fingerprint density at radius 3 is 2.38 bits per heavy atom. The Balaban J connectivity index is 1.58. The van der Waals surface area contributed by atoms with Crippen molar-refractivity contribution in [1.82, 2.24) is 4.90 Å². The summed E-state index contributed by atoms with van der Waals surface area (Å²) in [4.78, 5) is 27.8. The lowest BCUT2D eigenvalue weighted by Gasteiger charge is -2.35. The summed E-state index contributed by atoms with van der Waals surface area (Å²) in [6.45, 7) is 1.80. The third-order valence-corrected chi connectivity index (χ3v) is 4.35. The Bertz CT molecular complexity index is 839. The molecule has 0 spiro atoms. The molecule has 1 fully saturated rings. The SMILES string of the molecule is O=C(Nc1ccc(F)cc1F)C(=O)N1CCN(c2cccc(Cl)c2)CC1. The number of halogens is 3. The minimum absolute atomic E-state index is 0.234. The quantitative estimate of drug-likeness (QED) is 0.816. The maximum atomic E-state index is 13.6. The second-order valence-electron chi connectivity index (χ2n) is 5.84. The maximum absolute atomic E-state index is 13.6. The van der Waals surface area contributed by atoms with Crippen LogP contribution in [0.3, 0.4) is 0 Å². The highest BCUT2D eigenvalue weighted by molar-refractivity contribution is 6.39. The standard InChI is InChI=1S/C18H16ClF2N3O2/c19-12-2-1-3-14(10-12)23-6-8-24(9-7-23)18(26)17(25)22-16-5-4-13(20)11-15(16)21/h1-5,10-11H,6-9H2,(H,22,25). The van der Waals surface area contributed by atoms with Gasteiger partial charge in [-0.1, -0.05) is 17.7 Å². The first-order chi connectivity index (χ1) is 12.4. The number of hydrogen-bond donors (Lipinski definition) is 1. The van der Waals surface area contributed by atoms with Crippen LogP contribution in [-0.4, -0.2) is 42.9 Å². The van der Waals surface area contributed by atoms with Gasteiger partial charge in [0.2, 0.25) is 0 Å². The molecule has 1 N–H and O–H groups in total. The molecule has 1 aliphatic rings. The van der Waals surface area contributed by atoms with E-state index in [1.807, 2.05) is 18.2 Å². The molecule has 136 valence electrons. The summed E-state index contributed by atoms with van der Waals surface area (Å²) in [7, 11) is 0. The largest absolute Gasteiger partial charge is 0.368 e. The molecular weight excluding hydrogens is 364 g/mol. The number of carbonyl (C=O) groups is 2. The molecule has 26 heavy (non-hydrogen) atoms. The lowest BCUT2D eigenvalue weighted by atomic mass is 10.2. The molecule has 0 unspecified atom stereocenters. The smallest absolute Gasteiger partial charge is 0.313 e. The molecule has 8 heteroatoms. The first-order valence-electron chi connectivity index (χ1n) is 8.00. The molecule has 1 aliphatic heterocycles. The number of anilines is 2. The van der Waals surface area contributed by atoms with Gasteiger partial charge in [0, 0.05) is 43.0 Å². The van der Waals surface area contributed by atoms with Gasteiger partial charge in [-0.2, -0.15) is 0 Å². The highest BCUT2D eigenvalue weighted by Crippen LogP contribution is 2.21. The fourth-order valence-corrected chi connectivity index (χ4v) is 2.94. The van der Waals surface area contributed by atoms with Gasteiger partial charge in [0.1, 0.15) is 11.6 Å². The minimum atomic E-state index is -0.952. The number of nitrogens with zero attached hydrogens (tertiary/aromatic N) is 2. The Morgan fingerprint density at radius 2 is 1.73 bits per heavy atom. The monoisotopic (exact) mass is 379 g/mol. The summed E-state index contributed by atoms with van der Waals surface area (Å²) in [6.07, 6.45) is 0. The van der Waals surface area contributed by atoms with Gasteiger partial charge in [0.05, 0.1) is 5.69 Å². The van der Waals surface area contributed by atoms with Gasteiger partial charge in [-0.05, 0) is 30.3 Å². The molecule has 2 aromatic rings. The Morgan fingerprint density at radius 1 is 1.00 bits per heavy atom. The van der Waals surface area contributed by atoms with Crippen LogP contribution in [0.5, 0.6) is 0 Å². The fraction of sp³-hybridized carbons (Fsp3) is 0.222. The van der Waals surface area contributed by atoms with Crippen molar-refractivity contribution in [2.45, 2.75) is 0 Å². The summed E-state index contributed by atoms with van der Waals surface area (Å²) in [6, 6.07) is 10.1. The Labute approximate surface area is 154 Å². The van der Waals surface area contributed by atoms with Crippen LogP contribution in [0.4, 0.5) is 20.2 Å². The molecule has 0 aromatic heterocycles. The van der Waals surface area contributed by atoms with E-state index in [0.29, 0.717) is 37.3 Å². The van der Waals surface area contributed by atoms with Gasteiger partial charge in [0.15, 0.2) is 0 Å². The molecule has 0 saturated carbocycles. The molecule has 0 bridgehead atoms. The number of piperazine rings is 1. The number of carbonyl (C=O) groups excluding carboxylic acids is 2. The van der Waals surface area contributed by atoms with E-state index in [9.17, 15) is 18.4 Å². The summed E-state index contributed by atoms with van der Waals surface area (Å²) in [5, 5.41) is 2.81. The van der Waals surface area contributed by atoms with Gasteiger partial charge in [-0.25, -0.2) is 8.78 Å². The van der Waals surface area contributed by atoms with Crippen LogP contribution in [0.25, 0.3) is 0 Å². The van der Waals surface area contributed by atoms with Crippen molar-refractivity contribution < 1.29 is 18.4 Å². The van der Waals surface area contributed by atoms with Gasteiger partial charge in [-0.15, -0.1) is 0 Å². The van der Waals surface area contributed by atoms with E-state index in [1.54, 1.807) is 6.07 Å². The zero-order valence-electron chi connectivity index (χ0n) is 13.7. The number of benzene rings is 2. The van der Waals surface area contributed by atoms with Crippen molar-refractivity contribution in [2.75, 3.05) is 36.4 Å². The van der Waals surface area contributed by atoms with Crippen molar-refractivity contribution in [2.24, 2.45) is 0 Å². The molecule has 0 atom stereocenters. The summed E-state index contributed by atoms with van der Waals surface area (Å²) >= 11 is 5.99. The third kappa shape index (κ3) is 4.11. The van der Waals surface area contributed by atoms with Crippen LogP contribution < -0.4 is 10.2 Å². The van der Waals surface area contributed by atoms with E-state index in [0.717, 1.165) is 17.8 Å². The second-order valence-corrected chi connectivity index (χ2v) is 6.27. The van der Waals surface area contributed by atoms with Gasteiger partial charge >= 0.3 is 11.8 Å². The maximum Gasteiger partial charge on any atom is 0.313 e. The van der Waals surface area contributed by atoms with Crippen LogP contribution in [0.2, 0.25) is 5.02 Å². The number of rotatable bonds is 2. The highest BCUT2D eigenvalue weighted by atomic mass is 35.5. The summed E-state index contributed by atoms with van der Waals surface area (Å²) in [5.74, 6) is -3.40. The molecule has 3 rings (SSSR count). The van der Waals surface area contributed by atoms with E-state index < -0.39 is 23.4 Å². The predicted molar refractivity (Wildman–Crippen MR) is 95.2 cm³/mol. The van der Waals surface area contributed by atoms with E-state index in [4.69, 9.17) is 11.6 Å². The van der Waals surface area contributed by atoms with E-state index in [1.165, 1.54) is 4.90 Å². The molecular formula is C18H16ClF2N3O2. The molecule has 5 nitrogen and oxygen atoms in total.